The molecule has 0 fully saturated rings. The number of hydrazine groups is 1. The molecule has 0 aliphatic carbocycles. The van der Waals surface area contributed by atoms with Crippen LogP contribution in [0.1, 0.15) is 17.4 Å². The highest BCUT2D eigenvalue weighted by Gasteiger charge is 2.19. The molecule has 0 aliphatic rings. The molecule has 0 amide bonds. The third kappa shape index (κ3) is 2.83. The highest BCUT2D eigenvalue weighted by Crippen LogP contribution is 2.29. The SMILES string of the molecule is Cn1ccnc1CC(NN)c1ccc(F)c(F)c1Br. The standard InChI is InChI=1S/C12H13BrF2N4/c1-19-5-4-17-10(19)6-9(18-16)7-2-3-8(14)12(15)11(7)13/h2-5,9,18H,6,16H2,1H3. The zero-order valence-corrected chi connectivity index (χ0v) is 11.8. The molecule has 0 aliphatic heterocycles. The van der Waals surface area contributed by atoms with Crippen LogP contribution in [0.2, 0.25) is 0 Å². The van der Waals surface area contributed by atoms with E-state index in [1.165, 1.54) is 6.07 Å². The van der Waals surface area contributed by atoms with Gasteiger partial charge in [-0.15, -0.1) is 0 Å². The molecule has 0 saturated carbocycles. The second kappa shape index (κ2) is 5.77. The Labute approximate surface area is 117 Å². The van der Waals surface area contributed by atoms with E-state index in [9.17, 15) is 8.78 Å². The van der Waals surface area contributed by atoms with Crippen molar-refractivity contribution in [1.82, 2.24) is 15.0 Å². The van der Waals surface area contributed by atoms with Gasteiger partial charge in [0.1, 0.15) is 5.82 Å². The van der Waals surface area contributed by atoms with E-state index >= 15 is 0 Å². The van der Waals surface area contributed by atoms with Gasteiger partial charge in [0.15, 0.2) is 11.6 Å². The first-order chi connectivity index (χ1) is 9.04. The summed E-state index contributed by atoms with van der Waals surface area (Å²) in [5.74, 6) is 4.48. The molecular formula is C12H13BrF2N4. The van der Waals surface area contributed by atoms with Gasteiger partial charge >= 0.3 is 0 Å². The zero-order valence-electron chi connectivity index (χ0n) is 10.2. The fraction of sp³-hybridized carbons (Fsp3) is 0.250. The van der Waals surface area contributed by atoms with Crippen LogP contribution >= 0.6 is 15.9 Å². The van der Waals surface area contributed by atoms with Gasteiger partial charge in [0.05, 0.1) is 10.5 Å². The van der Waals surface area contributed by atoms with Crippen LogP contribution in [0.25, 0.3) is 0 Å². The number of halogens is 3. The topological polar surface area (TPSA) is 55.9 Å². The number of hydrogen-bond donors (Lipinski definition) is 2. The lowest BCUT2D eigenvalue weighted by Crippen LogP contribution is -2.30. The number of nitrogens with zero attached hydrogens (tertiary/aromatic N) is 2. The number of aryl methyl sites for hydroxylation is 1. The summed E-state index contributed by atoms with van der Waals surface area (Å²) in [7, 11) is 1.86. The van der Waals surface area contributed by atoms with Crippen LogP contribution in [0.5, 0.6) is 0 Å². The zero-order chi connectivity index (χ0) is 14.0. The van der Waals surface area contributed by atoms with Crippen LogP contribution < -0.4 is 11.3 Å². The summed E-state index contributed by atoms with van der Waals surface area (Å²) >= 11 is 3.06. The minimum Gasteiger partial charge on any atom is -0.338 e. The van der Waals surface area contributed by atoms with Crippen LogP contribution in [0, 0.1) is 11.6 Å². The Morgan fingerprint density at radius 1 is 1.47 bits per heavy atom. The number of benzene rings is 1. The average molecular weight is 331 g/mol. The molecule has 1 heterocycles. The Bertz CT molecular complexity index is 585. The summed E-state index contributed by atoms with van der Waals surface area (Å²) in [6, 6.07) is 2.21. The fourth-order valence-electron chi connectivity index (χ4n) is 1.84. The molecule has 2 aromatic rings. The highest BCUT2D eigenvalue weighted by molar-refractivity contribution is 9.10. The van der Waals surface area contributed by atoms with Crippen molar-refractivity contribution in [2.45, 2.75) is 12.5 Å². The van der Waals surface area contributed by atoms with E-state index in [0.717, 1.165) is 11.9 Å². The number of imidazole rings is 1. The van der Waals surface area contributed by atoms with E-state index in [1.807, 2.05) is 17.8 Å². The second-order valence-electron chi connectivity index (χ2n) is 4.14. The fourth-order valence-corrected chi connectivity index (χ4v) is 2.44. The number of hydrogen-bond acceptors (Lipinski definition) is 3. The molecule has 0 bridgehead atoms. The van der Waals surface area contributed by atoms with Gasteiger partial charge in [-0.05, 0) is 27.6 Å². The summed E-state index contributed by atoms with van der Waals surface area (Å²) in [5.41, 5.74) is 3.14. The molecule has 0 radical (unpaired) electrons. The predicted octanol–water partition coefficient (Wildman–Crippen LogP) is 2.21. The number of nitrogens with two attached hydrogens (primary N) is 1. The minimum atomic E-state index is -0.919. The normalized spacial score (nSPS) is 12.7. The third-order valence-corrected chi connectivity index (χ3v) is 3.76. The highest BCUT2D eigenvalue weighted by atomic mass is 79.9. The van der Waals surface area contributed by atoms with Crippen molar-refractivity contribution >= 4 is 15.9 Å². The Kier molecular flexibility index (Phi) is 4.28. The summed E-state index contributed by atoms with van der Waals surface area (Å²) in [6.07, 6.45) is 3.94. The Morgan fingerprint density at radius 3 is 2.79 bits per heavy atom. The molecule has 1 atom stereocenters. The van der Waals surface area contributed by atoms with Gasteiger partial charge in [0, 0.05) is 25.9 Å². The maximum absolute atomic E-state index is 13.5. The van der Waals surface area contributed by atoms with Crippen molar-refractivity contribution in [3.8, 4) is 0 Å². The average Bonchev–Trinajstić information content (AvgIpc) is 2.80. The Hall–Kier alpha value is -1.31. The van der Waals surface area contributed by atoms with E-state index in [1.54, 1.807) is 6.20 Å². The minimum absolute atomic E-state index is 0.0738. The van der Waals surface area contributed by atoms with Crippen molar-refractivity contribution in [3.05, 3.63) is 52.0 Å². The van der Waals surface area contributed by atoms with Gasteiger partial charge in [-0.25, -0.2) is 13.8 Å². The molecule has 102 valence electrons. The molecule has 2 rings (SSSR count). The van der Waals surface area contributed by atoms with Crippen LogP contribution in [0.4, 0.5) is 8.78 Å². The van der Waals surface area contributed by atoms with Gasteiger partial charge in [0.25, 0.3) is 0 Å². The lowest BCUT2D eigenvalue weighted by molar-refractivity contribution is 0.487. The monoisotopic (exact) mass is 330 g/mol. The molecule has 0 spiro atoms. The van der Waals surface area contributed by atoms with E-state index < -0.39 is 11.6 Å². The molecular weight excluding hydrogens is 318 g/mol. The van der Waals surface area contributed by atoms with E-state index in [-0.39, 0.29) is 10.5 Å². The molecule has 1 aromatic heterocycles. The second-order valence-corrected chi connectivity index (χ2v) is 4.94. The number of aromatic nitrogens is 2. The summed E-state index contributed by atoms with van der Waals surface area (Å²) < 4.78 is 28.5. The van der Waals surface area contributed by atoms with E-state index in [0.29, 0.717) is 12.0 Å². The van der Waals surface area contributed by atoms with Gasteiger partial charge in [0.2, 0.25) is 0 Å². The first-order valence-electron chi connectivity index (χ1n) is 5.60. The van der Waals surface area contributed by atoms with Crippen molar-refractivity contribution in [2.24, 2.45) is 12.9 Å². The van der Waals surface area contributed by atoms with E-state index in [2.05, 4.69) is 26.3 Å². The van der Waals surface area contributed by atoms with Crippen LogP contribution in [-0.2, 0) is 13.5 Å². The summed E-state index contributed by atoms with van der Waals surface area (Å²) in [5, 5.41) is 0. The largest absolute Gasteiger partial charge is 0.338 e. The number of nitrogens with one attached hydrogen (secondary N) is 1. The van der Waals surface area contributed by atoms with Gasteiger partial charge < -0.3 is 4.57 Å². The summed E-state index contributed by atoms with van der Waals surface area (Å²) in [6.45, 7) is 0. The van der Waals surface area contributed by atoms with Crippen molar-refractivity contribution < 1.29 is 8.78 Å². The molecule has 3 N–H and O–H groups in total. The maximum atomic E-state index is 13.5. The van der Waals surface area contributed by atoms with Crippen LogP contribution in [-0.4, -0.2) is 9.55 Å². The van der Waals surface area contributed by atoms with E-state index in [4.69, 9.17) is 5.84 Å². The van der Waals surface area contributed by atoms with Crippen molar-refractivity contribution in [1.29, 1.82) is 0 Å². The molecule has 1 unspecified atom stereocenters. The lowest BCUT2D eigenvalue weighted by atomic mass is 10.0. The maximum Gasteiger partial charge on any atom is 0.173 e. The quantitative estimate of drug-likeness (QED) is 0.513. The molecule has 7 heteroatoms. The van der Waals surface area contributed by atoms with Gasteiger partial charge in [-0.3, -0.25) is 11.3 Å². The number of rotatable bonds is 4. The predicted molar refractivity (Wildman–Crippen MR) is 71.0 cm³/mol. The third-order valence-electron chi connectivity index (χ3n) is 2.95. The van der Waals surface area contributed by atoms with Crippen molar-refractivity contribution in [2.75, 3.05) is 0 Å². The molecule has 19 heavy (non-hydrogen) atoms. The molecule has 4 nitrogen and oxygen atoms in total. The van der Waals surface area contributed by atoms with Gasteiger partial charge in [-0.2, -0.15) is 0 Å². The molecule has 1 aromatic carbocycles. The first-order valence-corrected chi connectivity index (χ1v) is 6.39. The van der Waals surface area contributed by atoms with Crippen LogP contribution in [0.15, 0.2) is 29.0 Å². The Morgan fingerprint density at radius 2 is 2.21 bits per heavy atom. The van der Waals surface area contributed by atoms with Gasteiger partial charge in [-0.1, -0.05) is 6.07 Å². The smallest absolute Gasteiger partial charge is 0.173 e. The summed E-state index contributed by atoms with van der Waals surface area (Å²) in [4.78, 5) is 4.18. The van der Waals surface area contributed by atoms with Crippen molar-refractivity contribution in [3.63, 3.8) is 0 Å². The first kappa shape index (κ1) is 14.1. The van der Waals surface area contributed by atoms with Crippen LogP contribution in [0.3, 0.4) is 0 Å². The Balaban J connectivity index is 2.33. The lowest BCUT2D eigenvalue weighted by Gasteiger charge is -2.18. The molecule has 0 saturated heterocycles.